The Kier molecular flexibility index (Phi) is 7.65. The summed E-state index contributed by atoms with van der Waals surface area (Å²) in [6.45, 7) is 2.73. The predicted octanol–water partition coefficient (Wildman–Crippen LogP) is 4.23. The Morgan fingerprint density at radius 2 is 1.89 bits per heavy atom. The lowest BCUT2D eigenvalue weighted by molar-refractivity contribution is -0.130. The van der Waals surface area contributed by atoms with Crippen LogP contribution in [0.2, 0.25) is 0 Å². The maximum absolute atomic E-state index is 15.6. The van der Waals surface area contributed by atoms with Crippen molar-refractivity contribution < 1.29 is 26.9 Å². The van der Waals surface area contributed by atoms with Gasteiger partial charge in [0.05, 0.1) is 18.2 Å². The summed E-state index contributed by atoms with van der Waals surface area (Å²) in [5, 5.41) is 5.89. The fraction of sp³-hybridized carbons (Fsp3) is 0.429. The Morgan fingerprint density at radius 1 is 1.13 bits per heavy atom. The minimum Gasteiger partial charge on any atom is -0.381 e. The van der Waals surface area contributed by atoms with E-state index in [0.29, 0.717) is 50.2 Å². The molecular weight excluding hydrogens is 509 g/mol. The number of nitrogens with one attached hydrogen (secondary N) is 1. The van der Waals surface area contributed by atoms with Gasteiger partial charge in [0, 0.05) is 37.4 Å². The van der Waals surface area contributed by atoms with Gasteiger partial charge in [-0.1, -0.05) is 47.6 Å². The number of aromatic nitrogens is 1. The summed E-state index contributed by atoms with van der Waals surface area (Å²) < 4.78 is 54.8. The summed E-state index contributed by atoms with van der Waals surface area (Å²) in [5.41, 5.74) is 0.620. The van der Waals surface area contributed by atoms with Crippen LogP contribution in [0.15, 0.2) is 65.3 Å². The summed E-state index contributed by atoms with van der Waals surface area (Å²) in [5.74, 6) is -0.240. The van der Waals surface area contributed by atoms with Crippen molar-refractivity contribution in [1.82, 2.24) is 14.8 Å². The quantitative estimate of drug-likeness (QED) is 0.480. The lowest BCUT2D eigenvalue weighted by atomic mass is 9.73. The minimum atomic E-state index is -3.69. The largest absolute Gasteiger partial charge is 0.381 e. The normalized spacial score (nSPS) is 23.1. The topological polar surface area (TPSA) is 102 Å². The van der Waals surface area contributed by atoms with Gasteiger partial charge in [-0.25, -0.2) is 12.8 Å². The molecule has 1 aromatic heterocycles. The van der Waals surface area contributed by atoms with E-state index in [2.05, 4.69) is 10.5 Å². The van der Waals surface area contributed by atoms with Crippen LogP contribution in [0.25, 0.3) is 0 Å². The molecule has 5 rings (SSSR count). The molecule has 0 spiro atoms. The second-order valence-electron chi connectivity index (χ2n) is 10.1. The van der Waals surface area contributed by atoms with Gasteiger partial charge in [-0.3, -0.25) is 4.79 Å². The van der Waals surface area contributed by atoms with Gasteiger partial charge in [-0.15, -0.1) is 0 Å². The van der Waals surface area contributed by atoms with Crippen molar-refractivity contribution in [2.24, 2.45) is 0 Å². The number of benzene rings is 2. The third-order valence-corrected chi connectivity index (χ3v) is 10.2. The number of hydrogen-bond acceptors (Lipinski definition) is 6. The second-order valence-corrected chi connectivity index (χ2v) is 12.1. The molecule has 10 heteroatoms. The minimum absolute atomic E-state index is 0.0628. The van der Waals surface area contributed by atoms with Crippen LogP contribution in [0, 0.1) is 5.82 Å². The average molecular weight is 542 g/mol. The fourth-order valence-electron chi connectivity index (χ4n) is 5.53. The van der Waals surface area contributed by atoms with Crippen molar-refractivity contribution in [3.8, 4) is 0 Å². The average Bonchev–Trinajstić information content (AvgIpc) is 3.45. The van der Waals surface area contributed by atoms with Gasteiger partial charge in [0.2, 0.25) is 15.9 Å². The molecule has 38 heavy (non-hydrogen) atoms. The van der Waals surface area contributed by atoms with Gasteiger partial charge in [0.1, 0.15) is 11.1 Å². The number of nitrogens with zero attached hydrogens (tertiary/aromatic N) is 2. The first-order chi connectivity index (χ1) is 18.3. The molecule has 2 aliphatic heterocycles. The van der Waals surface area contributed by atoms with E-state index in [0.717, 1.165) is 5.56 Å². The molecule has 0 saturated carbocycles. The van der Waals surface area contributed by atoms with Crippen molar-refractivity contribution in [1.29, 1.82) is 0 Å². The first-order valence-electron chi connectivity index (χ1n) is 12.9. The van der Waals surface area contributed by atoms with Gasteiger partial charge >= 0.3 is 0 Å². The number of carbonyl (C=O) groups is 1. The Morgan fingerprint density at radius 3 is 2.58 bits per heavy atom. The zero-order valence-corrected chi connectivity index (χ0v) is 22.1. The Hall–Kier alpha value is -3.08. The van der Waals surface area contributed by atoms with Crippen LogP contribution in [0.3, 0.4) is 0 Å². The van der Waals surface area contributed by atoms with Crippen molar-refractivity contribution in [3.05, 3.63) is 89.1 Å². The van der Waals surface area contributed by atoms with Gasteiger partial charge in [-0.05, 0) is 49.8 Å². The third-order valence-electron chi connectivity index (χ3n) is 7.82. The van der Waals surface area contributed by atoms with Gasteiger partial charge in [0.15, 0.2) is 5.76 Å². The molecular formula is C28H32FN3O5S. The molecule has 1 amide bonds. The van der Waals surface area contributed by atoms with Crippen LogP contribution in [0.5, 0.6) is 0 Å². The number of amides is 1. The first kappa shape index (κ1) is 26.5. The highest BCUT2D eigenvalue weighted by Gasteiger charge is 2.43. The summed E-state index contributed by atoms with van der Waals surface area (Å²) in [6.07, 6.45) is 3.53. The van der Waals surface area contributed by atoms with E-state index in [9.17, 15) is 13.2 Å². The Balaban J connectivity index is 1.39. The van der Waals surface area contributed by atoms with Crippen LogP contribution >= 0.6 is 0 Å². The lowest BCUT2D eigenvalue weighted by Crippen LogP contribution is -2.48. The number of halogens is 1. The molecule has 2 aromatic carbocycles. The number of ether oxygens (including phenoxy) is 1. The molecule has 2 aliphatic rings. The lowest BCUT2D eigenvalue weighted by Gasteiger charge is -2.38. The molecule has 0 bridgehead atoms. The maximum atomic E-state index is 15.6. The van der Waals surface area contributed by atoms with E-state index < -0.39 is 26.5 Å². The zero-order valence-electron chi connectivity index (χ0n) is 21.3. The smallest absolute Gasteiger partial charge is 0.231 e. The molecule has 2 fully saturated rings. The molecule has 3 heterocycles. The van der Waals surface area contributed by atoms with Crippen LogP contribution in [0.4, 0.5) is 4.39 Å². The molecule has 2 atom stereocenters. The highest BCUT2D eigenvalue weighted by molar-refractivity contribution is 7.89. The zero-order chi connectivity index (χ0) is 26.8. The summed E-state index contributed by atoms with van der Waals surface area (Å²) in [4.78, 5) is 13.4. The summed E-state index contributed by atoms with van der Waals surface area (Å²) in [7, 11) is -3.69. The van der Waals surface area contributed by atoms with Crippen LogP contribution in [-0.4, -0.2) is 43.0 Å². The molecule has 3 aromatic rings. The van der Waals surface area contributed by atoms with Crippen LogP contribution < -0.4 is 5.32 Å². The molecule has 0 unspecified atom stereocenters. The molecule has 1 N–H and O–H groups in total. The summed E-state index contributed by atoms with van der Waals surface area (Å²) >= 11 is 0. The molecule has 0 aliphatic carbocycles. The number of hydrogen-bond donors (Lipinski definition) is 1. The SMILES string of the molecule is C[C@H]1CC[C@H](c2ccccc2)S(=O)(=O)N1Cc1ccc(C2(C(=O)NCc3ccno3)CCOCC2)cc1F. The summed E-state index contributed by atoms with van der Waals surface area (Å²) in [6, 6.07) is 15.3. The predicted molar refractivity (Wildman–Crippen MR) is 139 cm³/mol. The van der Waals surface area contributed by atoms with E-state index in [1.807, 2.05) is 37.3 Å². The van der Waals surface area contributed by atoms with Crippen molar-refractivity contribution in [2.75, 3.05) is 13.2 Å². The van der Waals surface area contributed by atoms with E-state index in [1.54, 1.807) is 18.2 Å². The fourth-order valence-corrected chi connectivity index (χ4v) is 7.72. The van der Waals surface area contributed by atoms with E-state index in [1.165, 1.54) is 16.6 Å². The highest BCUT2D eigenvalue weighted by atomic mass is 32.2. The molecule has 0 radical (unpaired) electrons. The Bertz CT molecular complexity index is 1360. The molecule has 202 valence electrons. The van der Waals surface area contributed by atoms with Crippen LogP contribution in [0.1, 0.15) is 60.3 Å². The van der Waals surface area contributed by atoms with Crippen molar-refractivity contribution in [3.63, 3.8) is 0 Å². The molecule has 8 nitrogen and oxygen atoms in total. The number of carbonyl (C=O) groups excluding carboxylic acids is 1. The second kappa shape index (κ2) is 11.0. The Labute approximate surface area is 222 Å². The van der Waals surface area contributed by atoms with Crippen molar-refractivity contribution in [2.45, 2.75) is 62.4 Å². The van der Waals surface area contributed by atoms with Gasteiger partial charge < -0.3 is 14.6 Å². The standard InChI is InChI=1S/C28H32FN3O5S/c1-20-7-10-26(21-5-3-2-4-6-21)38(34,35)32(20)19-22-8-9-23(17-25(22)29)28(12-15-36-16-13-28)27(33)30-18-24-11-14-31-37-24/h2-6,8-9,11,14,17,20,26H,7,10,12-13,15-16,18-19H2,1H3,(H,30,33)/t20-,26+/m0/s1. The third kappa shape index (κ3) is 5.12. The molecule has 2 saturated heterocycles. The number of rotatable bonds is 7. The van der Waals surface area contributed by atoms with Gasteiger partial charge in [0.25, 0.3) is 0 Å². The first-order valence-corrected chi connectivity index (χ1v) is 14.4. The monoisotopic (exact) mass is 541 g/mol. The number of sulfonamides is 1. The van der Waals surface area contributed by atoms with Gasteiger partial charge in [-0.2, -0.15) is 4.31 Å². The van der Waals surface area contributed by atoms with E-state index in [4.69, 9.17) is 9.26 Å². The van der Waals surface area contributed by atoms with E-state index in [-0.39, 0.29) is 30.6 Å². The maximum Gasteiger partial charge on any atom is 0.231 e. The van der Waals surface area contributed by atoms with Crippen molar-refractivity contribution >= 4 is 15.9 Å². The van der Waals surface area contributed by atoms with E-state index >= 15 is 4.39 Å². The van der Waals surface area contributed by atoms with Crippen LogP contribution in [-0.2, 0) is 38.1 Å². The highest BCUT2D eigenvalue weighted by Crippen LogP contribution is 2.39.